The summed E-state index contributed by atoms with van der Waals surface area (Å²) in [4.78, 5) is 25.2. The number of nitrogens with zero attached hydrogens (tertiary/aromatic N) is 7. The third kappa shape index (κ3) is 2.75. The minimum absolute atomic E-state index is 0.00227. The minimum atomic E-state index is -0.00227. The Kier molecular flexibility index (Phi) is 3.96. The molecule has 7 heterocycles. The Morgan fingerprint density at radius 3 is 2.79 bits per heavy atom. The van der Waals surface area contributed by atoms with Gasteiger partial charge in [-0.1, -0.05) is 13.8 Å². The molecule has 34 heavy (non-hydrogen) atoms. The minimum Gasteiger partial charge on any atom is -0.380 e. The summed E-state index contributed by atoms with van der Waals surface area (Å²) in [6, 6.07) is 4.20. The average molecular weight is 455 g/mol. The Bertz CT molecular complexity index is 1500. The number of pyridine rings is 1. The van der Waals surface area contributed by atoms with Gasteiger partial charge in [-0.25, -0.2) is 19.9 Å². The van der Waals surface area contributed by atoms with Crippen LogP contribution in [0.5, 0.6) is 0 Å². The molecule has 172 valence electrons. The normalized spacial score (nSPS) is 20.6. The van der Waals surface area contributed by atoms with Gasteiger partial charge in [-0.05, 0) is 25.3 Å². The van der Waals surface area contributed by atoms with E-state index in [1.54, 1.807) is 12.4 Å². The Morgan fingerprint density at radius 1 is 1.15 bits per heavy atom. The molecule has 7 rings (SSSR count). The van der Waals surface area contributed by atoms with Crippen molar-refractivity contribution in [2.75, 3.05) is 31.2 Å². The van der Waals surface area contributed by atoms with E-state index in [1.807, 2.05) is 6.07 Å². The van der Waals surface area contributed by atoms with Crippen molar-refractivity contribution in [3.63, 3.8) is 0 Å². The Balaban J connectivity index is 1.44. The first kappa shape index (κ1) is 19.9. The van der Waals surface area contributed by atoms with Gasteiger partial charge in [-0.3, -0.25) is 0 Å². The first-order valence-corrected chi connectivity index (χ1v) is 12.0. The number of ether oxygens (including phenoxy) is 1. The monoisotopic (exact) mass is 454 g/mol. The van der Waals surface area contributed by atoms with E-state index in [4.69, 9.17) is 19.7 Å². The van der Waals surface area contributed by atoms with E-state index in [0.717, 1.165) is 85.9 Å². The van der Waals surface area contributed by atoms with Gasteiger partial charge >= 0.3 is 0 Å². The Morgan fingerprint density at radius 2 is 2.03 bits per heavy atom. The van der Waals surface area contributed by atoms with Gasteiger partial charge in [0.2, 0.25) is 0 Å². The molecule has 3 aliphatic heterocycles. The summed E-state index contributed by atoms with van der Waals surface area (Å²) < 4.78 is 7.84. The first-order valence-electron chi connectivity index (χ1n) is 12.0. The second-order valence-electron chi connectivity index (χ2n) is 10.7. The molecule has 0 radical (unpaired) electrons. The van der Waals surface area contributed by atoms with Crippen molar-refractivity contribution in [1.82, 2.24) is 29.5 Å². The van der Waals surface area contributed by atoms with Crippen molar-refractivity contribution in [1.29, 1.82) is 5.26 Å². The molecule has 9 nitrogen and oxygen atoms in total. The molecule has 4 aromatic heterocycles. The van der Waals surface area contributed by atoms with E-state index in [0.29, 0.717) is 17.0 Å². The molecule has 2 fully saturated rings. The highest BCUT2D eigenvalue weighted by Crippen LogP contribution is 2.42. The van der Waals surface area contributed by atoms with E-state index in [2.05, 4.69) is 39.4 Å². The Labute approximate surface area is 196 Å². The number of aromatic amines is 1. The number of rotatable bonds is 2. The summed E-state index contributed by atoms with van der Waals surface area (Å²) in [6.45, 7) is 8.95. The van der Waals surface area contributed by atoms with Gasteiger partial charge in [-0.15, -0.1) is 0 Å². The van der Waals surface area contributed by atoms with Crippen molar-refractivity contribution in [3.8, 4) is 17.5 Å². The molecule has 9 heteroatoms. The van der Waals surface area contributed by atoms with Crippen LogP contribution in [0.3, 0.4) is 0 Å². The van der Waals surface area contributed by atoms with E-state index in [1.165, 1.54) is 0 Å². The van der Waals surface area contributed by atoms with Crippen LogP contribution in [0.1, 0.15) is 44.5 Å². The number of aromatic nitrogens is 6. The molecule has 0 aliphatic carbocycles. The standard InChI is InChI=1S/C25H26N8O/c1-24(2)4-3-6-33-22-18(29-23(24)33)21(32-7-5-25(12-32)13-34-14-25)30-19(31-22)15-8-17-16(9-26)11-28-20(17)27-10-15/h8,10-11H,3-7,12-14H2,1-2H3,(H,27,28). The smallest absolute Gasteiger partial charge is 0.166 e. The van der Waals surface area contributed by atoms with E-state index >= 15 is 0 Å². The zero-order chi connectivity index (χ0) is 23.1. The maximum atomic E-state index is 9.49. The summed E-state index contributed by atoms with van der Waals surface area (Å²) in [6.07, 6.45) is 6.80. The van der Waals surface area contributed by atoms with Crippen LogP contribution in [0.15, 0.2) is 18.5 Å². The fourth-order valence-corrected chi connectivity index (χ4v) is 5.82. The lowest BCUT2D eigenvalue weighted by Gasteiger charge is -2.37. The van der Waals surface area contributed by atoms with Crippen LogP contribution in [0.2, 0.25) is 0 Å². The van der Waals surface area contributed by atoms with Gasteiger partial charge < -0.3 is 19.2 Å². The van der Waals surface area contributed by atoms with E-state index in [-0.39, 0.29) is 10.8 Å². The molecule has 0 atom stereocenters. The van der Waals surface area contributed by atoms with Crippen molar-refractivity contribution in [3.05, 3.63) is 29.8 Å². The van der Waals surface area contributed by atoms with Crippen molar-refractivity contribution in [2.24, 2.45) is 5.41 Å². The molecule has 2 saturated heterocycles. The number of imidazole rings is 1. The van der Waals surface area contributed by atoms with Crippen molar-refractivity contribution >= 4 is 28.0 Å². The molecule has 3 aliphatic rings. The molecule has 0 amide bonds. The van der Waals surface area contributed by atoms with Crippen molar-refractivity contribution in [2.45, 2.75) is 45.1 Å². The summed E-state index contributed by atoms with van der Waals surface area (Å²) in [5.41, 5.74) is 4.08. The van der Waals surface area contributed by atoms with Gasteiger partial charge in [0, 0.05) is 53.8 Å². The molecule has 0 unspecified atom stereocenters. The second kappa shape index (κ2) is 6.76. The fraction of sp³-hybridized carbons (Fsp3) is 0.480. The Hall–Kier alpha value is -3.51. The first-order chi connectivity index (χ1) is 16.5. The molecular formula is C25H26N8O. The molecule has 4 aromatic rings. The zero-order valence-electron chi connectivity index (χ0n) is 19.4. The van der Waals surface area contributed by atoms with Gasteiger partial charge in [-0.2, -0.15) is 5.26 Å². The number of aryl methyl sites for hydroxylation is 1. The third-order valence-electron chi connectivity index (χ3n) is 7.83. The lowest BCUT2D eigenvalue weighted by Crippen LogP contribution is -2.44. The maximum absolute atomic E-state index is 9.49. The number of hydrogen-bond donors (Lipinski definition) is 1. The number of nitriles is 1. The number of anilines is 1. The van der Waals surface area contributed by atoms with Gasteiger partial charge in [0.15, 0.2) is 22.8 Å². The highest BCUT2D eigenvalue weighted by molar-refractivity contribution is 5.89. The largest absolute Gasteiger partial charge is 0.380 e. The van der Waals surface area contributed by atoms with Gasteiger partial charge in [0.05, 0.1) is 18.8 Å². The van der Waals surface area contributed by atoms with Gasteiger partial charge in [0.1, 0.15) is 17.5 Å². The SMILES string of the molecule is CC1(C)CCCn2c1nc1c(N3CCC4(COC4)C3)nc(-c3cnc4[nH]cc(C#N)c4c3)nc12. The molecule has 0 bridgehead atoms. The average Bonchev–Trinajstić information content (AvgIpc) is 3.53. The highest BCUT2D eigenvalue weighted by Gasteiger charge is 2.45. The zero-order valence-corrected chi connectivity index (χ0v) is 19.4. The van der Waals surface area contributed by atoms with Crippen LogP contribution in [-0.2, 0) is 16.7 Å². The summed E-state index contributed by atoms with van der Waals surface area (Å²) in [5.74, 6) is 2.61. The van der Waals surface area contributed by atoms with Gasteiger partial charge in [0.25, 0.3) is 0 Å². The van der Waals surface area contributed by atoms with E-state index < -0.39 is 0 Å². The number of hydrogen-bond acceptors (Lipinski definition) is 7. The number of fused-ring (bicyclic) bond motifs is 4. The lowest BCUT2D eigenvalue weighted by atomic mass is 9.84. The van der Waals surface area contributed by atoms with Crippen LogP contribution in [0.25, 0.3) is 33.6 Å². The molecule has 0 saturated carbocycles. The predicted molar refractivity (Wildman–Crippen MR) is 127 cm³/mol. The molecule has 1 spiro atoms. The van der Waals surface area contributed by atoms with Crippen LogP contribution in [0, 0.1) is 16.7 Å². The summed E-state index contributed by atoms with van der Waals surface area (Å²) in [7, 11) is 0. The number of nitrogens with one attached hydrogen (secondary N) is 1. The van der Waals surface area contributed by atoms with E-state index in [9.17, 15) is 5.26 Å². The number of H-pyrrole nitrogens is 1. The molecule has 1 N–H and O–H groups in total. The van der Waals surface area contributed by atoms with Crippen molar-refractivity contribution < 1.29 is 4.74 Å². The van der Waals surface area contributed by atoms with Crippen LogP contribution in [-0.4, -0.2) is 55.8 Å². The maximum Gasteiger partial charge on any atom is 0.166 e. The summed E-state index contributed by atoms with van der Waals surface area (Å²) in [5, 5.41) is 10.3. The predicted octanol–water partition coefficient (Wildman–Crippen LogP) is 3.54. The second-order valence-corrected chi connectivity index (χ2v) is 10.7. The van der Waals surface area contributed by atoms with Crippen LogP contribution in [0.4, 0.5) is 5.82 Å². The highest BCUT2D eigenvalue weighted by atomic mass is 16.5. The van der Waals surface area contributed by atoms with Crippen LogP contribution >= 0.6 is 0 Å². The quantitative estimate of drug-likeness (QED) is 0.493. The summed E-state index contributed by atoms with van der Waals surface area (Å²) >= 11 is 0. The fourth-order valence-electron chi connectivity index (χ4n) is 5.82. The third-order valence-corrected chi connectivity index (χ3v) is 7.83. The lowest BCUT2D eigenvalue weighted by molar-refractivity contribution is -0.0985. The molecular weight excluding hydrogens is 428 g/mol. The van der Waals surface area contributed by atoms with Crippen LogP contribution < -0.4 is 4.90 Å². The molecule has 0 aromatic carbocycles. The topological polar surface area (TPSA) is 109 Å².